The Morgan fingerprint density at radius 1 is 0.968 bits per heavy atom. The topological polar surface area (TPSA) is 86.2 Å². The molecule has 3 rings (SSSR count). The summed E-state index contributed by atoms with van der Waals surface area (Å²) in [5.41, 5.74) is 4.40. The molecule has 0 saturated heterocycles. The molecule has 0 aliphatic carbocycles. The van der Waals surface area contributed by atoms with Gasteiger partial charge in [0.2, 0.25) is 0 Å². The molecule has 0 aliphatic rings. The maximum Gasteiger partial charge on any atom is 0.343 e. The summed E-state index contributed by atoms with van der Waals surface area (Å²) in [6, 6.07) is 20.9. The Morgan fingerprint density at radius 2 is 1.74 bits per heavy atom. The molecule has 3 aromatic rings. The first-order valence-electron chi connectivity index (χ1n) is 9.52. The van der Waals surface area contributed by atoms with E-state index in [1.807, 2.05) is 25.1 Å². The zero-order chi connectivity index (χ0) is 22.1. The predicted octanol–water partition coefficient (Wildman–Crippen LogP) is 3.75. The number of para-hydroxylation sites is 1. The van der Waals surface area contributed by atoms with Gasteiger partial charge in [-0.05, 0) is 60.5 Å². The van der Waals surface area contributed by atoms with Crippen LogP contribution in [0.1, 0.15) is 21.5 Å². The molecule has 0 aromatic heterocycles. The molecule has 0 radical (unpaired) electrons. The van der Waals surface area contributed by atoms with Gasteiger partial charge in [-0.1, -0.05) is 30.3 Å². The van der Waals surface area contributed by atoms with E-state index in [9.17, 15) is 9.59 Å². The van der Waals surface area contributed by atoms with Gasteiger partial charge in [0.15, 0.2) is 6.61 Å². The number of hydrogen-bond donors (Lipinski definition) is 1. The molecule has 0 atom stereocenters. The summed E-state index contributed by atoms with van der Waals surface area (Å²) in [5.74, 6) is 0.785. The van der Waals surface area contributed by atoms with Gasteiger partial charge < -0.3 is 14.2 Å². The van der Waals surface area contributed by atoms with Crippen molar-refractivity contribution < 1.29 is 23.8 Å². The van der Waals surface area contributed by atoms with Crippen LogP contribution in [0.4, 0.5) is 0 Å². The number of hydrazone groups is 1. The summed E-state index contributed by atoms with van der Waals surface area (Å²) in [5, 5.41) is 3.91. The summed E-state index contributed by atoms with van der Waals surface area (Å²) in [4.78, 5) is 24.2. The molecule has 0 saturated carbocycles. The van der Waals surface area contributed by atoms with Crippen molar-refractivity contribution in [3.8, 4) is 17.2 Å². The van der Waals surface area contributed by atoms with Crippen molar-refractivity contribution in [1.29, 1.82) is 0 Å². The summed E-state index contributed by atoms with van der Waals surface area (Å²) in [6.45, 7) is 1.75. The Morgan fingerprint density at radius 3 is 2.48 bits per heavy atom. The normalized spacial score (nSPS) is 10.5. The molecule has 31 heavy (non-hydrogen) atoms. The van der Waals surface area contributed by atoms with Crippen LogP contribution in [-0.4, -0.2) is 31.8 Å². The molecule has 0 bridgehead atoms. The fourth-order valence-electron chi connectivity index (χ4n) is 2.62. The number of benzene rings is 3. The van der Waals surface area contributed by atoms with E-state index in [1.165, 1.54) is 6.21 Å². The first-order chi connectivity index (χ1) is 15.0. The number of esters is 1. The van der Waals surface area contributed by atoms with Gasteiger partial charge >= 0.3 is 5.97 Å². The van der Waals surface area contributed by atoms with Crippen molar-refractivity contribution in [1.82, 2.24) is 5.43 Å². The quantitative estimate of drug-likeness (QED) is 0.261. The second kappa shape index (κ2) is 10.6. The van der Waals surface area contributed by atoms with E-state index in [0.29, 0.717) is 28.4 Å². The summed E-state index contributed by atoms with van der Waals surface area (Å²) < 4.78 is 15.9. The third-order valence-corrected chi connectivity index (χ3v) is 4.25. The molecule has 7 heteroatoms. The molecule has 3 aromatic carbocycles. The molecule has 7 nitrogen and oxygen atoms in total. The van der Waals surface area contributed by atoms with Crippen molar-refractivity contribution in [2.45, 2.75) is 6.92 Å². The van der Waals surface area contributed by atoms with E-state index in [0.717, 1.165) is 5.56 Å². The fraction of sp³-hybridized carbons (Fsp3) is 0.125. The number of amides is 1. The first-order valence-corrected chi connectivity index (χ1v) is 9.52. The van der Waals surface area contributed by atoms with Gasteiger partial charge in [-0.25, -0.2) is 10.2 Å². The maximum absolute atomic E-state index is 12.3. The van der Waals surface area contributed by atoms with Gasteiger partial charge in [0, 0.05) is 0 Å². The van der Waals surface area contributed by atoms with E-state index < -0.39 is 5.97 Å². The third-order valence-electron chi connectivity index (χ3n) is 4.25. The van der Waals surface area contributed by atoms with E-state index in [-0.39, 0.29) is 12.5 Å². The number of rotatable bonds is 8. The number of carbonyl (C=O) groups excluding carboxylic acids is 2. The highest BCUT2D eigenvalue weighted by atomic mass is 16.5. The van der Waals surface area contributed by atoms with Crippen LogP contribution in [0.2, 0.25) is 0 Å². The monoisotopic (exact) mass is 418 g/mol. The molecular weight excluding hydrogens is 396 g/mol. The molecule has 1 amide bonds. The van der Waals surface area contributed by atoms with Crippen LogP contribution in [0.5, 0.6) is 17.2 Å². The van der Waals surface area contributed by atoms with E-state index in [4.69, 9.17) is 14.2 Å². The Labute approximate surface area is 180 Å². The number of nitrogens with zero attached hydrogens (tertiary/aromatic N) is 1. The minimum Gasteiger partial charge on any atom is -0.497 e. The Kier molecular flexibility index (Phi) is 7.37. The summed E-state index contributed by atoms with van der Waals surface area (Å²) >= 11 is 0. The lowest BCUT2D eigenvalue weighted by Crippen LogP contribution is -2.24. The zero-order valence-corrected chi connectivity index (χ0v) is 17.2. The van der Waals surface area contributed by atoms with Gasteiger partial charge in [0.25, 0.3) is 5.91 Å². The largest absolute Gasteiger partial charge is 0.497 e. The van der Waals surface area contributed by atoms with Crippen molar-refractivity contribution in [2.24, 2.45) is 5.10 Å². The molecule has 0 aliphatic heterocycles. The van der Waals surface area contributed by atoms with Gasteiger partial charge in [-0.2, -0.15) is 5.10 Å². The van der Waals surface area contributed by atoms with Crippen LogP contribution in [-0.2, 0) is 4.79 Å². The van der Waals surface area contributed by atoms with Gasteiger partial charge in [0.05, 0.1) is 18.9 Å². The molecule has 0 fully saturated rings. The number of aryl methyl sites for hydroxylation is 1. The number of ether oxygens (including phenoxy) is 3. The second-order valence-corrected chi connectivity index (χ2v) is 6.54. The lowest BCUT2D eigenvalue weighted by atomic mass is 10.2. The molecule has 0 heterocycles. The van der Waals surface area contributed by atoms with Crippen LogP contribution in [0, 0.1) is 6.92 Å². The SMILES string of the molecule is COc1ccc(C(=O)Oc2cccc(/C=N/NC(=O)COc3ccccc3C)c2)cc1. The Hall–Kier alpha value is -4.13. The summed E-state index contributed by atoms with van der Waals surface area (Å²) in [6.07, 6.45) is 1.45. The highest BCUT2D eigenvalue weighted by Crippen LogP contribution is 2.17. The van der Waals surface area contributed by atoms with Crippen molar-refractivity contribution in [3.05, 3.63) is 89.5 Å². The Balaban J connectivity index is 1.52. The fourth-order valence-corrected chi connectivity index (χ4v) is 2.62. The van der Waals surface area contributed by atoms with Crippen molar-refractivity contribution in [3.63, 3.8) is 0 Å². The predicted molar refractivity (Wildman–Crippen MR) is 117 cm³/mol. The average molecular weight is 418 g/mol. The van der Waals surface area contributed by atoms with E-state index in [1.54, 1.807) is 61.7 Å². The lowest BCUT2D eigenvalue weighted by molar-refractivity contribution is -0.123. The van der Waals surface area contributed by atoms with Crippen LogP contribution in [0.25, 0.3) is 0 Å². The second-order valence-electron chi connectivity index (χ2n) is 6.54. The lowest BCUT2D eigenvalue weighted by Gasteiger charge is -2.07. The van der Waals surface area contributed by atoms with Crippen LogP contribution < -0.4 is 19.6 Å². The first kappa shape index (κ1) is 21.6. The maximum atomic E-state index is 12.3. The van der Waals surface area contributed by atoms with Gasteiger partial charge in [-0.3, -0.25) is 4.79 Å². The number of hydrogen-bond acceptors (Lipinski definition) is 6. The smallest absolute Gasteiger partial charge is 0.343 e. The van der Waals surface area contributed by atoms with Gasteiger partial charge in [-0.15, -0.1) is 0 Å². The highest BCUT2D eigenvalue weighted by molar-refractivity contribution is 5.91. The standard InChI is InChI=1S/C24H22N2O5/c1-17-6-3-4-9-22(17)30-16-23(27)26-25-15-18-7-5-8-21(14-18)31-24(28)19-10-12-20(29-2)13-11-19/h3-15H,16H2,1-2H3,(H,26,27)/b25-15+. The van der Waals surface area contributed by atoms with Crippen LogP contribution >= 0.6 is 0 Å². The van der Waals surface area contributed by atoms with Crippen molar-refractivity contribution in [2.75, 3.05) is 13.7 Å². The molecule has 0 spiro atoms. The molecule has 0 unspecified atom stereocenters. The highest BCUT2D eigenvalue weighted by Gasteiger charge is 2.09. The molecule has 158 valence electrons. The number of carbonyl (C=O) groups is 2. The Bertz CT molecular complexity index is 1080. The van der Waals surface area contributed by atoms with E-state index in [2.05, 4.69) is 10.5 Å². The molecular formula is C24H22N2O5. The van der Waals surface area contributed by atoms with Crippen LogP contribution in [0.15, 0.2) is 77.9 Å². The number of methoxy groups -OCH3 is 1. The third kappa shape index (κ3) is 6.43. The summed E-state index contributed by atoms with van der Waals surface area (Å²) in [7, 11) is 1.56. The molecule has 1 N–H and O–H groups in total. The zero-order valence-electron chi connectivity index (χ0n) is 17.2. The average Bonchev–Trinajstić information content (AvgIpc) is 2.79. The van der Waals surface area contributed by atoms with Crippen molar-refractivity contribution >= 4 is 18.1 Å². The number of nitrogens with one attached hydrogen (secondary N) is 1. The minimum atomic E-state index is -0.488. The minimum absolute atomic E-state index is 0.151. The van der Waals surface area contributed by atoms with Gasteiger partial charge in [0.1, 0.15) is 17.2 Å². The van der Waals surface area contributed by atoms with E-state index >= 15 is 0 Å². The van der Waals surface area contributed by atoms with Crippen LogP contribution in [0.3, 0.4) is 0 Å².